The number of hydrogen-bond acceptors (Lipinski definition) is 2. The Balaban J connectivity index is 2.29. The molecule has 0 N–H and O–H groups in total. The number of anilines is 1. The summed E-state index contributed by atoms with van der Waals surface area (Å²) in [6, 6.07) is 8.76. The molecule has 14 heavy (non-hydrogen) atoms. The van der Waals surface area contributed by atoms with Crippen LogP contribution in [-0.2, 0) is 0 Å². The molecule has 1 aliphatic heterocycles. The van der Waals surface area contributed by atoms with Gasteiger partial charge in [0, 0.05) is 18.8 Å². The van der Waals surface area contributed by atoms with Crippen molar-refractivity contribution in [1.82, 2.24) is 4.90 Å². The van der Waals surface area contributed by atoms with E-state index >= 15 is 0 Å². The summed E-state index contributed by atoms with van der Waals surface area (Å²) in [4.78, 5) is 2.17. The van der Waals surface area contributed by atoms with Crippen LogP contribution in [0.2, 0.25) is 0 Å². The van der Waals surface area contributed by atoms with Crippen molar-refractivity contribution in [2.45, 2.75) is 6.17 Å². The monoisotopic (exact) mass is 198 g/mol. The molecule has 0 bridgehead atoms. The number of hydrogen-bond donors (Lipinski definition) is 0. The summed E-state index contributed by atoms with van der Waals surface area (Å²) in [5.41, 5.74) is 0.571. The Morgan fingerprint density at radius 3 is 2.29 bits per heavy atom. The van der Waals surface area contributed by atoms with Gasteiger partial charge in [0.1, 0.15) is 0 Å². The van der Waals surface area contributed by atoms with E-state index in [0.29, 0.717) is 18.8 Å². The van der Waals surface area contributed by atoms with Gasteiger partial charge in [-0.3, -0.25) is 4.90 Å². The van der Waals surface area contributed by atoms with Gasteiger partial charge in [-0.1, -0.05) is 18.2 Å². The maximum Gasteiger partial charge on any atom is 0.391 e. The first-order valence-electron chi connectivity index (χ1n) is 4.54. The maximum atomic E-state index is 13.5. The van der Waals surface area contributed by atoms with Crippen molar-refractivity contribution in [2.24, 2.45) is 0 Å². The van der Waals surface area contributed by atoms with E-state index in [2.05, 4.69) is 0 Å². The third kappa shape index (κ3) is 1.35. The fourth-order valence-electron chi connectivity index (χ4n) is 1.62. The van der Waals surface area contributed by atoms with E-state index in [9.17, 15) is 8.78 Å². The molecule has 1 aromatic carbocycles. The van der Waals surface area contributed by atoms with E-state index < -0.39 is 6.17 Å². The minimum Gasteiger partial charge on any atom is -0.298 e. The average Bonchev–Trinajstić information content (AvgIpc) is 2.44. The zero-order chi connectivity index (χ0) is 10.2. The summed E-state index contributed by atoms with van der Waals surface area (Å²) in [7, 11) is 1.43. The van der Waals surface area contributed by atoms with Crippen molar-refractivity contribution < 1.29 is 8.78 Å². The van der Waals surface area contributed by atoms with E-state index in [1.54, 1.807) is 24.3 Å². The van der Waals surface area contributed by atoms with Crippen LogP contribution in [0.15, 0.2) is 30.3 Å². The second kappa shape index (κ2) is 3.20. The Morgan fingerprint density at radius 1 is 1.14 bits per heavy atom. The van der Waals surface area contributed by atoms with E-state index in [4.69, 9.17) is 0 Å². The van der Waals surface area contributed by atoms with Crippen molar-refractivity contribution >= 4 is 5.69 Å². The lowest BCUT2D eigenvalue weighted by Crippen LogP contribution is -2.44. The van der Waals surface area contributed by atoms with Crippen molar-refractivity contribution in [3.8, 4) is 0 Å². The molecule has 1 saturated heterocycles. The highest BCUT2D eigenvalue weighted by molar-refractivity contribution is 5.48. The van der Waals surface area contributed by atoms with Crippen LogP contribution in [0.25, 0.3) is 0 Å². The third-order valence-electron chi connectivity index (χ3n) is 2.51. The molecule has 2 rings (SSSR count). The molecular formula is C10H12F2N2. The lowest BCUT2D eigenvalue weighted by molar-refractivity contribution is -0.103. The van der Waals surface area contributed by atoms with Gasteiger partial charge in [-0.05, 0) is 19.2 Å². The summed E-state index contributed by atoms with van der Waals surface area (Å²) in [6.07, 6.45) is -2.86. The fourth-order valence-corrected chi connectivity index (χ4v) is 1.62. The molecule has 0 unspecified atom stereocenters. The molecule has 1 fully saturated rings. The molecule has 4 heteroatoms. The highest BCUT2D eigenvalue weighted by atomic mass is 19.3. The molecular weight excluding hydrogens is 186 g/mol. The molecule has 1 heterocycles. The molecule has 2 nitrogen and oxygen atoms in total. The second-order valence-corrected chi connectivity index (χ2v) is 3.42. The van der Waals surface area contributed by atoms with Gasteiger partial charge in [-0.2, -0.15) is 8.78 Å². The largest absolute Gasteiger partial charge is 0.391 e. The van der Waals surface area contributed by atoms with E-state index in [0.717, 1.165) is 9.80 Å². The standard InChI is InChI=1S/C10H12F2N2/c1-13-7-8-14(10(13,11)12)9-5-3-2-4-6-9/h2-6H,7-8H2,1H3. The van der Waals surface area contributed by atoms with Crippen LogP contribution in [0.3, 0.4) is 0 Å². The van der Waals surface area contributed by atoms with Crippen LogP contribution in [0.4, 0.5) is 14.5 Å². The zero-order valence-corrected chi connectivity index (χ0v) is 7.95. The van der Waals surface area contributed by atoms with Crippen LogP contribution in [0, 0.1) is 0 Å². The summed E-state index contributed by atoms with van der Waals surface area (Å²) in [5.74, 6) is 0. The molecule has 0 spiro atoms. The summed E-state index contributed by atoms with van der Waals surface area (Å²) in [6.45, 7) is 0.759. The van der Waals surface area contributed by atoms with Crippen molar-refractivity contribution in [3.05, 3.63) is 30.3 Å². The van der Waals surface area contributed by atoms with E-state index in [-0.39, 0.29) is 0 Å². The van der Waals surface area contributed by atoms with Gasteiger partial charge in [-0.15, -0.1) is 0 Å². The van der Waals surface area contributed by atoms with Crippen LogP contribution in [0.5, 0.6) is 0 Å². The predicted octanol–water partition coefficient (Wildman–Crippen LogP) is 1.99. The van der Waals surface area contributed by atoms with E-state index in [1.807, 2.05) is 6.07 Å². The number of halogens is 2. The average molecular weight is 198 g/mol. The lowest BCUT2D eigenvalue weighted by atomic mass is 10.3. The van der Waals surface area contributed by atoms with Crippen LogP contribution >= 0.6 is 0 Å². The van der Waals surface area contributed by atoms with Gasteiger partial charge in [0.15, 0.2) is 0 Å². The van der Waals surface area contributed by atoms with Crippen molar-refractivity contribution in [2.75, 3.05) is 25.0 Å². The smallest absolute Gasteiger partial charge is 0.298 e. The SMILES string of the molecule is CN1CCN(c2ccccc2)C1(F)F. The van der Waals surface area contributed by atoms with Gasteiger partial charge in [0.05, 0.1) is 0 Å². The van der Waals surface area contributed by atoms with Crippen molar-refractivity contribution in [1.29, 1.82) is 0 Å². The zero-order valence-electron chi connectivity index (χ0n) is 7.95. The minimum absolute atomic E-state index is 0.369. The molecule has 0 radical (unpaired) electrons. The number of para-hydroxylation sites is 1. The predicted molar refractivity (Wildman–Crippen MR) is 51.4 cm³/mol. The molecule has 1 aromatic rings. The fraction of sp³-hybridized carbons (Fsp3) is 0.400. The first-order valence-corrected chi connectivity index (χ1v) is 4.54. The number of rotatable bonds is 1. The Kier molecular flexibility index (Phi) is 2.15. The Hall–Kier alpha value is -1.16. The van der Waals surface area contributed by atoms with Gasteiger partial charge in [-0.25, -0.2) is 4.90 Å². The summed E-state index contributed by atoms with van der Waals surface area (Å²) < 4.78 is 27.1. The second-order valence-electron chi connectivity index (χ2n) is 3.42. The van der Waals surface area contributed by atoms with Crippen LogP contribution < -0.4 is 4.90 Å². The number of nitrogens with zero attached hydrogens (tertiary/aromatic N) is 2. The van der Waals surface area contributed by atoms with Gasteiger partial charge < -0.3 is 0 Å². The third-order valence-corrected chi connectivity index (χ3v) is 2.51. The van der Waals surface area contributed by atoms with Crippen LogP contribution in [0.1, 0.15) is 0 Å². The van der Waals surface area contributed by atoms with Crippen molar-refractivity contribution in [3.63, 3.8) is 0 Å². The van der Waals surface area contributed by atoms with Gasteiger partial charge >= 0.3 is 6.17 Å². The minimum atomic E-state index is -2.86. The van der Waals surface area contributed by atoms with E-state index in [1.165, 1.54) is 7.05 Å². The number of likely N-dealkylation sites (N-methyl/N-ethyl adjacent to an activating group) is 1. The lowest BCUT2D eigenvalue weighted by Gasteiger charge is -2.28. The summed E-state index contributed by atoms with van der Waals surface area (Å²) >= 11 is 0. The molecule has 1 aliphatic rings. The number of benzene rings is 1. The molecule has 0 saturated carbocycles. The normalized spacial score (nSPS) is 21.5. The quantitative estimate of drug-likeness (QED) is 0.637. The Labute approximate surface area is 81.7 Å². The molecule has 76 valence electrons. The first kappa shape index (κ1) is 9.40. The highest BCUT2D eigenvalue weighted by Crippen LogP contribution is 2.33. The molecule has 0 amide bonds. The molecule has 0 aliphatic carbocycles. The van der Waals surface area contributed by atoms with Gasteiger partial charge in [0.2, 0.25) is 0 Å². The first-order chi connectivity index (χ1) is 6.62. The Morgan fingerprint density at radius 2 is 1.79 bits per heavy atom. The Bertz CT molecular complexity index is 313. The summed E-state index contributed by atoms with van der Waals surface area (Å²) in [5, 5.41) is 0. The molecule has 0 aromatic heterocycles. The molecule has 0 atom stereocenters. The highest BCUT2D eigenvalue weighted by Gasteiger charge is 2.46. The topological polar surface area (TPSA) is 6.48 Å². The number of alkyl halides is 2. The van der Waals surface area contributed by atoms with Gasteiger partial charge in [0.25, 0.3) is 0 Å². The maximum absolute atomic E-state index is 13.5. The van der Waals surface area contributed by atoms with Crippen LogP contribution in [-0.4, -0.2) is 31.2 Å².